The minimum absolute atomic E-state index is 0.314. The van der Waals surface area contributed by atoms with Gasteiger partial charge in [0.2, 0.25) is 0 Å². The number of benzene rings is 1. The zero-order valence-corrected chi connectivity index (χ0v) is 8.64. The lowest BCUT2D eigenvalue weighted by atomic mass is 9.75. The summed E-state index contributed by atoms with van der Waals surface area (Å²) in [6, 6.07) is 4.69. The Bertz CT molecular complexity index is 334. The maximum absolute atomic E-state index is 13.3. The van der Waals surface area contributed by atoms with Gasteiger partial charge in [0.15, 0.2) is 0 Å². The molecule has 0 radical (unpaired) electrons. The van der Waals surface area contributed by atoms with Gasteiger partial charge in [-0.2, -0.15) is 0 Å². The first-order valence-corrected chi connectivity index (χ1v) is 5.09. The van der Waals surface area contributed by atoms with Gasteiger partial charge in [-0.25, -0.2) is 4.39 Å². The summed E-state index contributed by atoms with van der Waals surface area (Å²) in [5.41, 5.74) is -0.485. The molecule has 2 rings (SSSR count). The molecule has 1 aromatic carbocycles. The molecule has 3 heteroatoms. The topological polar surface area (TPSA) is 20.2 Å². The second-order valence-corrected chi connectivity index (χ2v) is 4.42. The summed E-state index contributed by atoms with van der Waals surface area (Å²) in [5.74, 6) is -0.314. The minimum Gasteiger partial charge on any atom is -0.385 e. The standard InChI is InChI=1S/C10H10BrFO/c11-7-2-3-9(12)8(6-7)10(13)4-1-5-10/h2-3,6,13H,1,4-5H2. The normalized spacial score (nSPS) is 19.6. The van der Waals surface area contributed by atoms with Crippen molar-refractivity contribution in [1.29, 1.82) is 0 Å². The quantitative estimate of drug-likeness (QED) is 0.806. The van der Waals surface area contributed by atoms with Gasteiger partial charge >= 0.3 is 0 Å². The summed E-state index contributed by atoms with van der Waals surface area (Å²) in [6.07, 6.45) is 2.31. The number of halogens is 2. The highest BCUT2D eigenvalue weighted by Crippen LogP contribution is 2.42. The molecule has 0 bridgehead atoms. The van der Waals surface area contributed by atoms with Gasteiger partial charge in [-0.3, -0.25) is 0 Å². The molecule has 13 heavy (non-hydrogen) atoms. The number of rotatable bonds is 1. The molecule has 1 aliphatic rings. The smallest absolute Gasteiger partial charge is 0.129 e. The van der Waals surface area contributed by atoms with Gasteiger partial charge in [0.05, 0.1) is 5.60 Å². The van der Waals surface area contributed by atoms with Gasteiger partial charge in [-0.1, -0.05) is 15.9 Å². The predicted molar refractivity (Wildman–Crippen MR) is 51.8 cm³/mol. The Balaban J connectivity index is 2.43. The summed E-state index contributed by atoms with van der Waals surface area (Å²) >= 11 is 3.26. The fraction of sp³-hybridized carbons (Fsp3) is 0.400. The van der Waals surface area contributed by atoms with Crippen molar-refractivity contribution in [2.45, 2.75) is 24.9 Å². The van der Waals surface area contributed by atoms with E-state index in [1.54, 1.807) is 12.1 Å². The predicted octanol–water partition coefficient (Wildman–Crippen LogP) is 2.96. The van der Waals surface area contributed by atoms with Crippen molar-refractivity contribution in [3.63, 3.8) is 0 Å². The molecular formula is C10H10BrFO. The monoisotopic (exact) mass is 244 g/mol. The zero-order chi connectivity index (χ0) is 9.47. The van der Waals surface area contributed by atoms with Gasteiger partial charge in [-0.15, -0.1) is 0 Å². The lowest BCUT2D eigenvalue weighted by molar-refractivity contribution is -0.0416. The Hall–Kier alpha value is -0.410. The number of hydrogen-bond acceptors (Lipinski definition) is 1. The summed E-state index contributed by atoms with van der Waals surface area (Å²) in [4.78, 5) is 0. The van der Waals surface area contributed by atoms with Crippen molar-refractivity contribution in [3.8, 4) is 0 Å². The number of aliphatic hydroxyl groups is 1. The van der Waals surface area contributed by atoms with E-state index in [1.165, 1.54) is 6.07 Å². The van der Waals surface area contributed by atoms with Crippen LogP contribution in [-0.2, 0) is 5.60 Å². The van der Waals surface area contributed by atoms with Crippen LogP contribution in [0.3, 0.4) is 0 Å². The van der Waals surface area contributed by atoms with Gasteiger partial charge in [0.1, 0.15) is 5.82 Å². The van der Waals surface area contributed by atoms with E-state index in [9.17, 15) is 9.50 Å². The van der Waals surface area contributed by atoms with Crippen molar-refractivity contribution < 1.29 is 9.50 Å². The van der Waals surface area contributed by atoms with Crippen LogP contribution in [0.25, 0.3) is 0 Å². The van der Waals surface area contributed by atoms with Crippen molar-refractivity contribution in [1.82, 2.24) is 0 Å². The molecule has 1 N–H and O–H groups in total. The molecule has 0 heterocycles. The zero-order valence-electron chi connectivity index (χ0n) is 7.06. The van der Waals surface area contributed by atoms with E-state index in [0.717, 1.165) is 10.9 Å². The Morgan fingerprint density at radius 1 is 1.38 bits per heavy atom. The van der Waals surface area contributed by atoms with E-state index in [2.05, 4.69) is 15.9 Å². The molecule has 70 valence electrons. The second-order valence-electron chi connectivity index (χ2n) is 3.51. The molecule has 0 aromatic heterocycles. The molecule has 1 saturated carbocycles. The van der Waals surface area contributed by atoms with E-state index >= 15 is 0 Å². The molecule has 0 amide bonds. The summed E-state index contributed by atoms with van der Waals surface area (Å²) in [5, 5.41) is 9.93. The summed E-state index contributed by atoms with van der Waals surface area (Å²) in [7, 11) is 0. The molecule has 1 fully saturated rings. The largest absolute Gasteiger partial charge is 0.385 e. The molecular weight excluding hydrogens is 235 g/mol. The maximum atomic E-state index is 13.3. The fourth-order valence-electron chi connectivity index (χ4n) is 1.64. The van der Waals surface area contributed by atoms with Crippen LogP contribution in [0.4, 0.5) is 4.39 Å². The van der Waals surface area contributed by atoms with Crippen LogP contribution < -0.4 is 0 Å². The first kappa shape index (κ1) is 9.16. The van der Waals surface area contributed by atoms with Crippen LogP contribution in [0.15, 0.2) is 22.7 Å². The van der Waals surface area contributed by atoms with Crippen molar-refractivity contribution in [2.75, 3.05) is 0 Å². The van der Waals surface area contributed by atoms with E-state index in [1.807, 2.05) is 0 Å². The first-order chi connectivity index (χ1) is 6.12. The Morgan fingerprint density at radius 3 is 2.62 bits per heavy atom. The lowest BCUT2D eigenvalue weighted by Crippen LogP contribution is -2.34. The van der Waals surface area contributed by atoms with E-state index in [4.69, 9.17) is 0 Å². The van der Waals surface area contributed by atoms with E-state index in [0.29, 0.717) is 18.4 Å². The van der Waals surface area contributed by atoms with Gasteiger partial charge < -0.3 is 5.11 Å². The van der Waals surface area contributed by atoms with Crippen molar-refractivity contribution in [3.05, 3.63) is 34.1 Å². The third-order valence-electron chi connectivity index (χ3n) is 2.61. The molecule has 0 saturated heterocycles. The highest BCUT2D eigenvalue weighted by molar-refractivity contribution is 9.10. The van der Waals surface area contributed by atoms with Crippen LogP contribution >= 0.6 is 15.9 Å². The summed E-state index contributed by atoms with van der Waals surface area (Å²) < 4.78 is 14.1. The molecule has 1 aromatic rings. The Morgan fingerprint density at radius 2 is 2.08 bits per heavy atom. The molecule has 0 spiro atoms. The second kappa shape index (κ2) is 3.07. The highest BCUT2D eigenvalue weighted by Gasteiger charge is 2.38. The SMILES string of the molecule is OC1(c2cc(Br)ccc2F)CCC1. The van der Waals surface area contributed by atoms with Crippen LogP contribution in [0.5, 0.6) is 0 Å². The summed E-state index contributed by atoms with van der Waals surface area (Å²) in [6.45, 7) is 0. The average molecular weight is 245 g/mol. The van der Waals surface area contributed by atoms with Gasteiger partial charge in [0.25, 0.3) is 0 Å². The maximum Gasteiger partial charge on any atom is 0.129 e. The molecule has 1 aliphatic carbocycles. The Labute approximate surface area is 84.7 Å². The van der Waals surface area contributed by atoms with Crippen molar-refractivity contribution in [2.24, 2.45) is 0 Å². The molecule has 0 unspecified atom stereocenters. The van der Waals surface area contributed by atoms with E-state index in [-0.39, 0.29) is 5.82 Å². The first-order valence-electron chi connectivity index (χ1n) is 4.30. The van der Waals surface area contributed by atoms with Crippen LogP contribution in [0.2, 0.25) is 0 Å². The molecule has 0 atom stereocenters. The number of hydrogen-bond donors (Lipinski definition) is 1. The van der Waals surface area contributed by atoms with Crippen molar-refractivity contribution >= 4 is 15.9 Å². The molecule has 1 nitrogen and oxygen atoms in total. The minimum atomic E-state index is -0.909. The van der Waals surface area contributed by atoms with Crippen LogP contribution in [0.1, 0.15) is 24.8 Å². The van der Waals surface area contributed by atoms with E-state index < -0.39 is 5.60 Å². The fourth-order valence-corrected chi connectivity index (χ4v) is 2.00. The third-order valence-corrected chi connectivity index (χ3v) is 3.10. The molecule has 0 aliphatic heterocycles. The lowest BCUT2D eigenvalue weighted by Gasteiger charge is -2.37. The van der Waals surface area contributed by atoms with Gasteiger partial charge in [-0.05, 0) is 37.5 Å². The third kappa shape index (κ3) is 1.51. The van der Waals surface area contributed by atoms with Gasteiger partial charge in [0, 0.05) is 10.0 Å². The van der Waals surface area contributed by atoms with Crippen LogP contribution in [0, 0.1) is 5.82 Å². The average Bonchev–Trinajstić information content (AvgIpc) is 2.05. The van der Waals surface area contributed by atoms with Crippen LogP contribution in [-0.4, -0.2) is 5.11 Å². The Kier molecular flexibility index (Phi) is 2.16. The highest BCUT2D eigenvalue weighted by atomic mass is 79.9.